The van der Waals surface area contributed by atoms with Gasteiger partial charge in [0.25, 0.3) is 0 Å². The Hall–Kier alpha value is -4.15. The molecule has 4 unspecified atom stereocenters. The lowest BCUT2D eigenvalue weighted by Crippen LogP contribution is -2.38. The molecule has 4 N–H and O–H groups in total. The molecule has 0 radical (unpaired) electrons. The van der Waals surface area contributed by atoms with E-state index in [1.165, 1.54) is 11.8 Å². The van der Waals surface area contributed by atoms with E-state index in [1.54, 1.807) is 12.1 Å². The topological polar surface area (TPSA) is 117 Å². The SMILES string of the molecule is CCNC(=O)NCc1cccc(-c2ccc(C3OC(CSc4ccccc4C(=O)O)C(C)C(c4ccc(CO)cc4)O3)cc2)c1. The number of urea groups is 1. The fraction of sp³-hybridized carbons (Fsp3) is 0.278. The number of hydrogen-bond acceptors (Lipinski definition) is 6. The second-order valence-corrected chi connectivity index (χ2v) is 12.0. The molecule has 9 heteroatoms. The highest BCUT2D eigenvalue weighted by molar-refractivity contribution is 7.99. The van der Waals surface area contributed by atoms with Crippen LogP contribution in [0.3, 0.4) is 0 Å². The van der Waals surface area contributed by atoms with Crippen LogP contribution in [0, 0.1) is 5.92 Å². The summed E-state index contributed by atoms with van der Waals surface area (Å²) in [5.41, 5.74) is 6.01. The molecule has 234 valence electrons. The third-order valence-corrected chi connectivity index (χ3v) is 9.04. The monoisotopic (exact) mass is 626 g/mol. The highest BCUT2D eigenvalue weighted by Gasteiger charge is 2.38. The molecule has 0 bridgehead atoms. The quantitative estimate of drug-likeness (QED) is 0.133. The Morgan fingerprint density at radius 3 is 2.27 bits per heavy atom. The molecule has 45 heavy (non-hydrogen) atoms. The summed E-state index contributed by atoms with van der Waals surface area (Å²) in [6, 6.07) is 30.7. The number of carbonyl (C=O) groups is 2. The lowest BCUT2D eigenvalue weighted by atomic mass is 9.91. The fourth-order valence-electron chi connectivity index (χ4n) is 5.35. The molecule has 4 atom stereocenters. The van der Waals surface area contributed by atoms with E-state index in [0.29, 0.717) is 23.7 Å². The van der Waals surface area contributed by atoms with Gasteiger partial charge in [-0.2, -0.15) is 0 Å². The Morgan fingerprint density at radius 1 is 0.822 bits per heavy atom. The summed E-state index contributed by atoms with van der Waals surface area (Å²) in [5, 5.41) is 24.8. The third kappa shape index (κ3) is 8.12. The molecule has 0 aromatic heterocycles. The van der Waals surface area contributed by atoms with Gasteiger partial charge in [-0.3, -0.25) is 0 Å². The van der Waals surface area contributed by atoms with Crippen molar-refractivity contribution in [2.45, 2.75) is 50.4 Å². The molecule has 0 spiro atoms. The highest BCUT2D eigenvalue weighted by atomic mass is 32.2. The molecule has 4 aromatic rings. The predicted molar refractivity (Wildman–Crippen MR) is 175 cm³/mol. The molecule has 1 heterocycles. The maximum atomic E-state index is 11.8. The van der Waals surface area contributed by atoms with Gasteiger partial charge in [-0.1, -0.05) is 85.8 Å². The van der Waals surface area contributed by atoms with Crippen molar-refractivity contribution < 1.29 is 29.3 Å². The van der Waals surface area contributed by atoms with E-state index >= 15 is 0 Å². The number of thioether (sulfide) groups is 1. The largest absolute Gasteiger partial charge is 0.478 e. The third-order valence-electron chi connectivity index (χ3n) is 7.88. The van der Waals surface area contributed by atoms with Gasteiger partial charge in [0.2, 0.25) is 0 Å². The smallest absolute Gasteiger partial charge is 0.336 e. The van der Waals surface area contributed by atoms with Gasteiger partial charge in [0, 0.05) is 35.2 Å². The van der Waals surface area contributed by atoms with Crippen LogP contribution < -0.4 is 10.6 Å². The van der Waals surface area contributed by atoms with Crippen LogP contribution in [0.1, 0.15) is 58.9 Å². The first kappa shape index (κ1) is 32.2. The molecule has 4 aromatic carbocycles. The van der Waals surface area contributed by atoms with Crippen LogP contribution in [-0.4, -0.2) is 40.6 Å². The molecular weight excluding hydrogens is 588 g/mol. The first-order valence-corrected chi connectivity index (χ1v) is 16.0. The van der Waals surface area contributed by atoms with Gasteiger partial charge in [0.1, 0.15) is 0 Å². The predicted octanol–water partition coefficient (Wildman–Crippen LogP) is 6.95. The van der Waals surface area contributed by atoms with E-state index < -0.39 is 12.3 Å². The number of hydrogen-bond donors (Lipinski definition) is 4. The van der Waals surface area contributed by atoms with E-state index in [0.717, 1.165) is 33.4 Å². The van der Waals surface area contributed by atoms with Crippen LogP contribution in [0.2, 0.25) is 0 Å². The molecule has 1 fully saturated rings. The minimum atomic E-state index is -0.956. The van der Waals surface area contributed by atoms with Crippen LogP contribution in [-0.2, 0) is 22.6 Å². The number of rotatable bonds is 11. The summed E-state index contributed by atoms with van der Waals surface area (Å²) in [6.45, 7) is 4.93. The lowest BCUT2D eigenvalue weighted by molar-refractivity contribution is -0.268. The van der Waals surface area contributed by atoms with E-state index in [2.05, 4.69) is 23.6 Å². The van der Waals surface area contributed by atoms with Gasteiger partial charge >= 0.3 is 12.0 Å². The van der Waals surface area contributed by atoms with Crippen LogP contribution in [0.5, 0.6) is 0 Å². The number of aliphatic hydroxyl groups excluding tert-OH is 1. The zero-order valence-corrected chi connectivity index (χ0v) is 26.1. The first-order valence-electron chi connectivity index (χ1n) is 15.0. The molecule has 1 saturated heterocycles. The molecular formula is C36H38N2O6S. The number of carbonyl (C=O) groups excluding carboxylic acids is 1. The number of carboxylic acid groups (broad SMARTS) is 1. The number of aliphatic hydroxyl groups is 1. The molecule has 8 nitrogen and oxygen atoms in total. The van der Waals surface area contributed by atoms with Crippen LogP contribution >= 0.6 is 11.8 Å². The standard InChI is InChI=1S/C36H38N2O6S/c1-3-37-36(42)38-20-25-7-6-8-29(19-25)26-15-17-28(18-16-26)35-43-31(22-45-32-10-5-4-9-30(32)34(40)41)23(2)33(44-35)27-13-11-24(21-39)12-14-27/h4-19,23,31,33,35,39H,3,20-22H2,1-2H3,(H,40,41)(H2,37,38,42). The van der Waals surface area contributed by atoms with Crippen molar-refractivity contribution in [2.24, 2.45) is 5.92 Å². The molecule has 2 amide bonds. The van der Waals surface area contributed by atoms with Crippen molar-refractivity contribution >= 4 is 23.8 Å². The number of ether oxygens (including phenoxy) is 2. The summed E-state index contributed by atoms with van der Waals surface area (Å²) < 4.78 is 13.2. The van der Waals surface area contributed by atoms with Gasteiger partial charge in [-0.15, -0.1) is 11.8 Å². The number of amides is 2. The Bertz CT molecular complexity index is 1590. The lowest BCUT2D eigenvalue weighted by Gasteiger charge is -2.41. The fourth-order valence-corrected chi connectivity index (χ4v) is 6.56. The maximum Gasteiger partial charge on any atom is 0.336 e. The first-order chi connectivity index (χ1) is 21.9. The Labute approximate surface area is 267 Å². The number of aromatic carboxylic acids is 1. The molecule has 0 saturated carbocycles. The maximum absolute atomic E-state index is 11.8. The van der Waals surface area contributed by atoms with Gasteiger partial charge in [0.05, 0.1) is 24.4 Å². The Morgan fingerprint density at radius 2 is 1.56 bits per heavy atom. The van der Waals surface area contributed by atoms with Gasteiger partial charge in [0.15, 0.2) is 6.29 Å². The number of carboxylic acids is 1. The molecule has 1 aliphatic rings. The number of benzene rings is 4. The van der Waals surface area contributed by atoms with Gasteiger partial charge in [-0.05, 0) is 52.9 Å². The minimum absolute atomic E-state index is 0.0271. The average molecular weight is 627 g/mol. The molecule has 5 rings (SSSR count). The summed E-state index contributed by atoms with van der Waals surface area (Å²) >= 11 is 1.47. The van der Waals surface area contributed by atoms with E-state index in [-0.39, 0.29) is 36.3 Å². The average Bonchev–Trinajstić information content (AvgIpc) is 3.07. The van der Waals surface area contributed by atoms with Crippen molar-refractivity contribution in [1.29, 1.82) is 0 Å². The van der Waals surface area contributed by atoms with Crippen LogP contribution in [0.4, 0.5) is 4.79 Å². The van der Waals surface area contributed by atoms with E-state index in [9.17, 15) is 19.8 Å². The van der Waals surface area contributed by atoms with E-state index in [4.69, 9.17) is 9.47 Å². The van der Waals surface area contributed by atoms with Crippen molar-refractivity contribution in [2.75, 3.05) is 12.3 Å². The zero-order chi connectivity index (χ0) is 31.8. The van der Waals surface area contributed by atoms with Crippen molar-refractivity contribution in [3.8, 4) is 11.1 Å². The second kappa shape index (κ2) is 15.2. The summed E-state index contributed by atoms with van der Waals surface area (Å²) in [7, 11) is 0. The van der Waals surface area contributed by atoms with E-state index in [1.807, 2.05) is 85.8 Å². The van der Waals surface area contributed by atoms with Crippen molar-refractivity contribution in [1.82, 2.24) is 10.6 Å². The summed E-state index contributed by atoms with van der Waals surface area (Å²) in [4.78, 5) is 24.3. The zero-order valence-electron chi connectivity index (χ0n) is 25.3. The summed E-state index contributed by atoms with van der Waals surface area (Å²) in [5.74, 6) is -0.436. The van der Waals surface area contributed by atoms with Gasteiger partial charge in [-0.25, -0.2) is 9.59 Å². The van der Waals surface area contributed by atoms with Crippen molar-refractivity contribution in [3.05, 3.63) is 125 Å². The second-order valence-electron chi connectivity index (χ2n) is 11.0. The highest BCUT2D eigenvalue weighted by Crippen LogP contribution is 2.43. The Kier molecular flexibility index (Phi) is 10.9. The van der Waals surface area contributed by atoms with Crippen LogP contribution in [0.15, 0.2) is 102 Å². The number of nitrogens with one attached hydrogen (secondary N) is 2. The van der Waals surface area contributed by atoms with Crippen LogP contribution in [0.25, 0.3) is 11.1 Å². The van der Waals surface area contributed by atoms with Crippen molar-refractivity contribution in [3.63, 3.8) is 0 Å². The minimum Gasteiger partial charge on any atom is -0.478 e. The normalized spacial score (nSPS) is 19.5. The molecule has 0 aliphatic carbocycles. The van der Waals surface area contributed by atoms with Gasteiger partial charge < -0.3 is 30.3 Å². The molecule has 1 aliphatic heterocycles. The Balaban J connectivity index is 1.36. The summed E-state index contributed by atoms with van der Waals surface area (Å²) in [6.07, 6.45) is -1.14.